The van der Waals surface area contributed by atoms with Crippen molar-refractivity contribution in [3.05, 3.63) is 36.3 Å². The molecule has 0 bridgehead atoms. The predicted molar refractivity (Wildman–Crippen MR) is 74.9 cm³/mol. The molecule has 0 N–H and O–H groups in total. The van der Waals surface area contributed by atoms with Crippen LogP contribution in [0.15, 0.2) is 5.11 Å². The molecule has 0 aliphatic carbocycles. The van der Waals surface area contributed by atoms with Crippen molar-refractivity contribution in [2.24, 2.45) is 5.11 Å². The van der Waals surface area contributed by atoms with Crippen LogP contribution in [0.5, 0.6) is 0 Å². The van der Waals surface area contributed by atoms with Gasteiger partial charge in [-0.05, 0) is 60.0 Å². The first-order chi connectivity index (χ1) is 8.21. The molecular formula is C10H11BF3IKN3. The molecule has 0 fully saturated rings. The van der Waals surface area contributed by atoms with Crippen molar-refractivity contribution < 1.29 is 64.3 Å². The molecule has 0 atom stereocenters. The summed E-state index contributed by atoms with van der Waals surface area (Å²) >= 11 is 1.90. The summed E-state index contributed by atoms with van der Waals surface area (Å²) in [6.45, 7) is -0.462. The van der Waals surface area contributed by atoms with Gasteiger partial charge in [-0.25, -0.2) is 0 Å². The molecule has 0 spiro atoms. The van der Waals surface area contributed by atoms with Gasteiger partial charge in [-0.3, -0.25) is 0 Å². The van der Waals surface area contributed by atoms with Crippen LogP contribution >= 0.6 is 22.6 Å². The van der Waals surface area contributed by atoms with E-state index in [-0.39, 0.29) is 69.1 Å². The van der Waals surface area contributed by atoms with E-state index in [1.54, 1.807) is 6.92 Å². The molecule has 0 aliphatic heterocycles. The standard InChI is InChI=1S/C10H11BF3IN3.K/c1-5-8(4-17-18-16)6(2)10(15)7(3)9(5)11(12,13)14;/h4H2,1-3H3;/q-1;+1. The van der Waals surface area contributed by atoms with Crippen LogP contribution in [0, 0.1) is 24.3 Å². The second-order valence-electron chi connectivity index (χ2n) is 4.04. The van der Waals surface area contributed by atoms with Crippen molar-refractivity contribution in [1.82, 2.24) is 0 Å². The third-order valence-corrected chi connectivity index (χ3v) is 4.61. The van der Waals surface area contributed by atoms with E-state index in [2.05, 4.69) is 10.0 Å². The molecule has 98 valence electrons. The molecule has 0 amide bonds. The summed E-state index contributed by atoms with van der Waals surface area (Å²) in [5, 5.41) is 3.37. The van der Waals surface area contributed by atoms with Crippen molar-refractivity contribution in [2.75, 3.05) is 0 Å². The van der Waals surface area contributed by atoms with E-state index < -0.39 is 12.4 Å². The summed E-state index contributed by atoms with van der Waals surface area (Å²) in [5.41, 5.74) is 9.38. The van der Waals surface area contributed by atoms with E-state index in [0.29, 0.717) is 9.13 Å². The van der Waals surface area contributed by atoms with Crippen molar-refractivity contribution in [3.8, 4) is 0 Å². The Morgan fingerprint density at radius 2 is 1.68 bits per heavy atom. The third kappa shape index (κ3) is 4.36. The summed E-state index contributed by atoms with van der Waals surface area (Å²) < 4.78 is 39.8. The SMILES string of the molecule is Cc1c(I)c(C)c([B-](F)(F)F)c(C)c1CN=[N+]=[N-].[K+]. The minimum absolute atomic E-state index is 0. The van der Waals surface area contributed by atoms with Gasteiger partial charge in [0.1, 0.15) is 0 Å². The first kappa shape index (κ1) is 19.8. The molecule has 0 aromatic heterocycles. The maximum Gasteiger partial charge on any atom is 1.00 e. The maximum atomic E-state index is 13.1. The van der Waals surface area contributed by atoms with Crippen LogP contribution in [-0.2, 0) is 6.54 Å². The Hall–Kier alpha value is 0.751. The Labute approximate surface area is 166 Å². The Morgan fingerprint density at radius 1 is 1.16 bits per heavy atom. The van der Waals surface area contributed by atoms with Gasteiger partial charge in [0.05, 0.1) is 6.54 Å². The summed E-state index contributed by atoms with van der Waals surface area (Å²) in [6.07, 6.45) is 0. The molecule has 1 rings (SSSR count). The molecule has 0 radical (unpaired) electrons. The van der Waals surface area contributed by atoms with E-state index >= 15 is 0 Å². The van der Waals surface area contributed by atoms with E-state index in [4.69, 9.17) is 5.53 Å². The van der Waals surface area contributed by atoms with Crippen LogP contribution in [0.1, 0.15) is 22.3 Å². The molecule has 1 aromatic carbocycles. The van der Waals surface area contributed by atoms with Crippen molar-refractivity contribution in [3.63, 3.8) is 0 Å². The van der Waals surface area contributed by atoms with Gasteiger partial charge in [0.25, 0.3) is 0 Å². The number of nitrogens with zero attached hydrogens (tertiary/aromatic N) is 3. The Balaban J connectivity index is 0.00000324. The quantitative estimate of drug-likeness (QED) is 0.237. The van der Waals surface area contributed by atoms with Gasteiger partial charge in [-0.2, -0.15) is 0 Å². The molecule has 9 heteroatoms. The molecule has 0 saturated heterocycles. The minimum Gasteiger partial charge on any atom is -0.445 e. The number of hydrogen-bond acceptors (Lipinski definition) is 1. The second kappa shape index (κ2) is 7.67. The number of benzene rings is 1. The fourth-order valence-corrected chi connectivity index (χ4v) is 2.70. The topological polar surface area (TPSA) is 48.8 Å². The normalized spacial score (nSPS) is 10.7. The molecule has 0 aliphatic rings. The summed E-state index contributed by atoms with van der Waals surface area (Å²) in [4.78, 5) is 2.60. The Kier molecular flexibility index (Phi) is 7.98. The van der Waals surface area contributed by atoms with Crippen molar-refractivity contribution in [1.29, 1.82) is 0 Å². The van der Waals surface area contributed by atoms with E-state index in [0.717, 1.165) is 5.56 Å². The van der Waals surface area contributed by atoms with Crippen molar-refractivity contribution in [2.45, 2.75) is 27.3 Å². The zero-order chi connectivity index (χ0) is 14.1. The van der Waals surface area contributed by atoms with Gasteiger partial charge in [0.2, 0.25) is 0 Å². The van der Waals surface area contributed by atoms with Crippen LogP contribution in [0.4, 0.5) is 12.9 Å². The number of rotatable bonds is 3. The van der Waals surface area contributed by atoms with E-state index in [1.807, 2.05) is 22.6 Å². The molecule has 19 heavy (non-hydrogen) atoms. The smallest absolute Gasteiger partial charge is 0.445 e. The number of hydrogen-bond donors (Lipinski definition) is 0. The van der Waals surface area contributed by atoms with Crippen molar-refractivity contribution >= 4 is 35.0 Å². The van der Waals surface area contributed by atoms with E-state index in [9.17, 15) is 12.9 Å². The average Bonchev–Trinajstić information content (AvgIpc) is 2.24. The van der Waals surface area contributed by atoms with Crippen LogP contribution < -0.4 is 56.8 Å². The zero-order valence-electron chi connectivity index (χ0n) is 11.1. The van der Waals surface area contributed by atoms with Crippen LogP contribution in [0.2, 0.25) is 0 Å². The van der Waals surface area contributed by atoms with Gasteiger partial charge in [-0.1, -0.05) is 16.2 Å². The second-order valence-corrected chi connectivity index (χ2v) is 5.12. The Bertz CT molecular complexity index is 542. The summed E-state index contributed by atoms with van der Waals surface area (Å²) in [7, 11) is 0. The van der Waals surface area contributed by atoms with E-state index in [1.165, 1.54) is 13.8 Å². The number of halogens is 4. The third-order valence-electron chi connectivity index (χ3n) is 2.99. The first-order valence-corrected chi connectivity index (χ1v) is 6.28. The summed E-state index contributed by atoms with van der Waals surface area (Å²) in [6, 6.07) is 0. The predicted octanol–water partition coefficient (Wildman–Crippen LogP) is 1.09. The van der Waals surface area contributed by atoms with Crippen LogP contribution in [0.3, 0.4) is 0 Å². The fraction of sp³-hybridized carbons (Fsp3) is 0.400. The largest absolute Gasteiger partial charge is 1.00 e. The fourth-order valence-electron chi connectivity index (χ4n) is 2.09. The van der Waals surface area contributed by atoms with Gasteiger partial charge >= 0.3 is 58.4 Å². The summed E-state index contributed by atoms with van der Waals surface area (Å²) in [5.74, 6) is 0. The number of azide groups is 1. The monoisotopic (exact) mass is 407 g/mol. The molecule has 3 nitrogen and oxygen atoms in total. The zero-order valence-corrected chi connectivity index (χ0v) is 16.4. The maximum absolute atomic E-state index is 13.1. The molecule has 0 unspecified atom stereocenters. The average molecular weight is 407 g/mol. The first-order valence-electron chi connectivity index (χ1n) is 5.20. The van der Waals surface area contributed by atoms with Crippen LogP contribution in [0.25, 0.3) is 10.4 Å². The minimum atomic E-state index is -5.07. The molecule has 0 heterocycles. The molecular weight excluding hydrogens is 396 g/mol. The molecule has 1 aromatic rings. The van der Waals surface area contributed by atoms with Gasteiger partial charge in [-0.15, -0.1) is 5.46 Å². The van der Waals surface area contributed by atoms with Crippen LogP contribution in [-0.4, -0.2) is 6.98 Å². The van der Waals surface area contributed by atoms with Gasteiger partial charge in [0, 0.05) is 8.48 Å². The van der Waals surface area contributed by atoms with Gasteiger partial charge < -0.3 is 12.9 Å². The van der Waals surface area contributed by atoms with Gasteiger partial charge in [0.15, 0.2) is 0 Å². The Morgan fingerprint density at radius 3 is 2.11 bits per heavy atom. The molecule has 0 saturated carbocycles.